The minimum atomic E-state index is -3.43. The summed E-state index contributed by atoms with van der Waals surface area (Å²) in [6.45, 7) is 2.00. The summed E-state index contributed by atoms with van der Waals surface area (Å²) in [4.78, 5) is 2.63. The van der Waals surface area contributed by atoms with E-state index in [9.17, 15) is 8.42 Å². The Balaban J connectivity index is 1.47. The SMILES string of the molecule is O=S(=O)(CC(COc1ccc(Cl)cc1)N1CCC(c2ccccc2)CC1)c1ccccc1. The fourth-order valence-electron chi connectivity index (χ4n) is 4.28. The summed E-state index contributed by atoms with van der Waals surface area (Å²) in [5.41, 5.74) is 1.36. The molecule has 4 rings (SSSR count). The van der Waals surface area contributed by atoms with E-state index in [1.54, 1.807) is 36.4 Å². The first kappa shape index (κ1) is 22.8. The topological polar surface area (TPSA) is 46.6 Å². The number of ether oxygens (including phenoxy) is 1. The molecule has 4 nitrogen and oxygen atoms in total. The number of nitrogens with zero attached hydrogens (tertiary/aromatic N) is 1. The molecule has 0 amide bonds. The van der Waals surface area contributed by atoms with Crippen molar-refractivity contribution in [3.8, 4) is 5.75 Å². The Morgan fingerprint density at radius 1 is 0.875 bits per heavy atom. The van der Waals surface area contributed by atoms with E-state index in [2.05, 4.69) is 29.2 Å². The van der Waals surface area contributed by atoms with Gasteiger partial charge in [0.2, 0.25) is 0 Å². The lowest BCUT2D eigenvalue weighted by molar-refractivity contribution is 0.119. The molecule has 0 N–H and O–H groups in total. The fraction of sp³-hybridized carbons (Fsp3) is 0.308. The van der Waals surface area contributed by atoms with Crippen molar-refractivity contribution in [2.75, 3.05) is 25.4 Å². The van der Waals surface area contributed by atoms with Crippen molar-refractivity contribution in [1.82, 2.24) is 4.90 Å². The molecule has 1 unspecified atom stereocenters. The van der Waals surface area contributed by atoms with Crippen LogP contribution < -0.4 is 4.74 Å². The maximum Gasteiger partial charge on any atom is 0.180 e. The van der Waals surface area contributed by atoms with Crippen LogP contribution in [0.2, 0.25) is 5.02 Å². The number of likely N-dealkylation sites (tertiary alicyclic amines) is 1. The predicted molar refractivity (Wildman–Crippen MR) is 129 cm³/mol. The first-order valence-corrected chi connectivity index (χ1v) is 13.0. The van der Waals surface area contributed by atoms with E-state index in [0.717, 1.165) is 25.9 Å². The molecular weight excluding hydrogens is 442 g/mol. The van der Waals surface area contributed by atoms with Crippen LogP contribution >= 0.6 is 11.6 Å². The molecule has 168 valence electrons. The fourth-order valence-corrected chi connectivity index (χ4v) is 5.99. The summed E-state index contributed by atoms with van der Waals surface area (Å²) in [6.07, 6.45) is 2.01. The second kappa shape index (κ2) is 10.5. The van der Waals surface area contributed by atoms with Crippen LogP contribution in [0.3, 0.4) is 0 Å². The predicted octanol–water partition coefficient (Wildman–Crippen LogP) is 5.44. The van der Waals surface area contributed by atoms with Crippen molar-refractivity contribution in [3.05, 3.63) is 95.5 Å². The molecule has 1 aliphatic heterocycles. The summed E-state index contributed by atoms with van der Waals surface area (Å²) in [6, 6.07) is 26.2. The summed E-state index contributed by atoms with van der Waals surface area (Å²) < 4.78 is 32.3. The van der Waals surface area contributed by atoms with E-state index in [0.29, 0.717) is 28.2 Å². The summed E-state index contributed by atoms with van der Waals surface area (Å²) in [5.74, 6) is 1.23. The first-order chi connectivity index (χ1) is 15.5. The molecule has 0 aromatic heterocycles. The molecule has 1 saturated heterocycles. The van der Waals surface area contributed by atoms with Crippen LogP contribution in [0.15, 0.2) is 89.8 Å². The van der Waals surface area contributed by atoms with Gasteiger partial charge in [-0.05, 0) is 73.8 Å². The third-order valence-corrected chi connectivity index (χ3v) is 8.15. The van der Waals surface area contributed by atoms with Crippen LogP contribution in [0, 0.1) is 0 Å². The molecule has 0 radical (unpaired) electrons. The van der Waals surface area contributed by atoms with Crippen LogP contribution in [0.4, 0.5) is 0 Å². The number of hydrogen-bond donors (Lipinski definition) is 0. The Bertz CT molecular complexity index is 1080. The van der Waals surface area contributed by atoms with Crippen LogP contribution in [-0.2, 0) is 9.84 Å². The summed E-state index contributed by atoms with van der Waals surface area (Å²) in [7, 11) is -3.43. The third kappa shape index (κ3) is 5.91. The van der Waals surface area contributed by atoms with Crippen molar-refractivity contribution < 1.29 is 13.2 Å². The molecule has 1 atom stereocenters. The Kier molecular flexibility index (Phi) is 7.51. The molecule has 1 aliphatic rings. The number of sulfone groups is 1. The van der Waals surface area contributed by atoms with Gasteiger partial charge in [-0.25, -0.2) is 8.42 Å². The highest BCUT2D eigenvalue weighted by Crippen LogP contribution is 2.29. The average molecular weight is 470 g/mol. The quantitative estimate of drug-likeness (QED) is 0.440. The Morgan fingerprint density at radius 3 is 2.09 bits per heavy atom. The van der Waals surface area contributed by atoms with Gasteiger partial charge in [-0.2, -0.15) is 0 Å². The van der Waals surface area contributed by atoms with Crippen molar-refractivity contribution in [2.45, 2.75) is 29.7 Å². The van der Waals surface area contributed by atoms with Crippen LogP contribution in [0.5, 0.6) is 5.75 Å². The van der Waals surface area contributed by atoms with E-state index >= 15 is 0 Å². The van der Waals surface area contributed by atoms with Gasteiger partial charge in [0.1, 0.15) is 12.4 Å². The molecule has 0 spiro atoms. The zero-order chi connectivity index (χ0) is 22.4. The lowest BCUT2D eigenvalue weighted by Crippen LogP contribution is -2.47. The number of piperidine rings is 1. The van der Waals surface area contributed by atoms with Gasteiger partial charge in [0.25, 0.3) is 0 Å². The second-order valence-electron chi connectivity index (χ2n) is 8.23. The maximum atomic E-state index is 13.1. The minimum absolute atomic E-state index is 0.0284. The van der Waals surface area contributed by atoms with Crippen LogP contribution in [0.25, 0.3) is 0 Å². The van der Waals surface area contributed by atoms with Gasteiger partial charge in [0.15, 0.2) is 9.84 Å². The van der Waals surface area contributed by atoms with E-state index in [4.69, 9.17) is 16.3 Å². The summed E-state index contributed by atoms with van der Waals surface area (Å²) >= 11 is 5.97. The van der Waals surface area contributed by atoms with E-state index in [-0.39, 0.29) is 11.8 Å². The molecule has 6 heteroatoms. The van der Waals surface area contributed by atoms with Gasteiger partial charge >= 0.3 is 0 Å². The van der Waals surface area contributed by atoms with E-state index in [1.807, 2.05) is 24.3 Å². The molecular formula is C26H28ClNO3S. The highest BCUT2D eigenvalue weighted by Gasteiger charge is 2.30. The highest BCUT2D eigenvalue weighted by atomic mass is 35.5. The Morgan fingerprint density at radius 2 is 1.47 bits per heavy atom. The van der Waals surface area contributed by atoms with Crippen LogP contribution in [0.1, 0.15) is 24.3 Å². The smallest absolute Gasteiger partial charge is 0.180 e. The van der Waals surface area contributed by atoms with Crippen molar-refractivity contribution in [1.29, 1.82) is 0 Å². The van der Waals surface area contributed by atoms with Crippen molar-refractivity contribution >= 4 is 21.4 Å². The Hall–Kier alpha value is -2.34. The third-order valence-electron chi connectivity index (χ3n) is 6.09. The van der Waals surface area contributed by atoms with Crippen molar-refractivity contribution in [3.63, 3.8) is 0 Å². The first-order valence-electron chi connectivity index (χ1n) is 11.0. The molecule has 3 aromatic carbocycles. The number of hydrogen-bond acceptors (Lipinski definition) is 4. The minimum Gasteiger partial charge on any atom is -0.492 e. The zero-order valence-corrected chi connectivity index (χ0v) is 19.5. The lowest BCUT2D eigenvalue weighted by Gasteiger charge is -2.37. The van der Waals surface area contributed by atoms with Gasteiger partial charge < -0.3 is 4.74 Å². The zero-order valence-electron chi connectivity index (χ0n) is 17.9. The monoisotopic (exact) mass is 469 g/mol. The molecule has 0 aliphatic carbocycles. The van der Waals surface area contributed by atoms with Crippen molar-refractivity contribution in [2.24, 2.45) is 0 Å². The standard InChI is InChI=1S/C26H28ClNO3S/c27-23-11-13-25(14-12-23)31-19-24(20-32(29,30)26-9-5-2-6-10-26)28-17-15-22(16-18-28)21-7-3-1-4-8-21/h1-14,22,24H,15-20H2. The number of benzene rings is 3. The van der Waals surface area contributed by atoms with Crippen LogP contribution in [-0.4, -0.2) is 44.8 Å². The molecule has 3 aromatic rings. The molecule has 1 heterocycles. The lowest BCUT2D eigenvalue weighted by atomic mass is 9.89. The molecule has 32 heavy (non-hydrogen) atoms. The number of rotatable bonds is 8. The van der Waals surface area contributed by atoms with Gasteiger partial charge in [-0.15, -0.1) is 0 Å². The van der Waals surface area contributed by atoms with Gasteiger partial charge in [-0.1, -0.05) is 60.1 Å². The highest BCUT2D eigenvalue weighted by molar-refractivity contribution is 7.91. The van der Waals surface area contributed by atoms with Gasteiger partial charge in [0.05, 0.1) is 16.7 Å². The maximum absolute atomic E-state index is 13.1. The average Bonchev–Trinajstić information content (AvgIpc) is 2.84. The summed E-state index contributed by atoms with van der Waals surface area (Å²) in [5, 5.41) is 0.642. The van der Waals surface area contributed by atoms with Gasteiger partial charge in [0, 0.05) is 5.02 Å². The van der Waals surface area contributed by atoms with Gasteiger partial charge in [-0.3, -0.25) is 4.90 Å². The van der Waals surface area contributed by atoms with E-state index in [1.165, 1.54) is 5.56 Å². The normalized spacial score (nSPS) is 16.5. The Labute approximate surface area is 195 Å². The second-order valence-corrected chi connectivity index (χ2v) is 10.7. The molecule has 1 fully saturated rings. The largest absolute Gasteiger partial charge is 0.492 e. The number of halogens is 1. The molecule has 0 saturated carbocycles. The molecule has 0 bridgehead atoms. The van der Waals surface area contributed by atoms with E-state index < -0.39 is 9.84 Å².